The summed E-state index contributed by atoms with van der Waals surface area (Å²) in [4.78, 5) is 2.08. The summed E-state index contributed by atoms with van der Waals surface area (Å²) in [5.74, 6) is 6.74. The Hall–Kier alpha value is -2.16. The fraction of sp³-hybridized carbons (Fsp3) is 0.882. The molecule has 0 rings (SSSR count). The van der Waals surface area contributed by atoms with Gasteiger partial charge in [-0.3, -0.25) is 4.90 Å². The number of unbranched alkanes of at least 4 members (excludes halogenated alkanes) is 2. The molecule has 0 radical (unpaired) electrons. The van der Waals surface area contributed by atoms with E-state index >= 15 is 0 Å². The molecule has 0 saturated carbocycles. The van der Waals surface area contributed by atoms with Crippen LogP contribution in [-0.2, 0) is 18.9 Å². The van der Waals surface area contributed by atoms with E-state index < -0.39 is 49.1 Å². The summed E-state index contributed by atoms with van der Waals surface area (Å²) in [5, 5.41) is 85.2. The van der Waals surface area contributed by atoms with E-state index in [0.717, 1.165) is 32.2 Å². The predicted molar refractivity (Wildman–Crippen MR) is 203 cm³/mol. The minimum Gasteiger partial charge on any atom is -0.400 e. The van der Waals surface area contributed by atoms with Gasteiger partial charge in [-0.1, -0.05) is 33.1 Å². The number of hydrogen-bond acceptors (Lipinski definition) is 21. The zero-order chi connectivity index (χ0) is 41.6. The Kier molecular flexibility index (Phi) is 31.6. The van der Waals surface area contributed by atoms with Gasteiger partial charge in [0, 0.05) is 50.9 Å². The summed E-state index contributed by atoms with van der Waals surface area (Å²) in [6.07, 6.45) is -1.34. The lowest BCUT2D eigenvalue weighted by molar-refractivity contribution is -0.153. The third-order valence-corrected chi connectivity index (χ3v) is 8.29. The van der Waals surface area contributed by atoms with Gasteiger partial charge in [-0.05, 0) is 31.7 Å². The van der Waals surface area contributed by atoms with Crippen LogP contribution in [0, 0.1) is 11.4 Å². The summed E-state index contributed by atoms with van der Waals surface area (Å²) in [6.45, 7) is 6.50. The molecule has 0 fully saturated rings. The maximum absolute atomic E-state index is 10.00. The molecule has 0 amide bonds. The first kappa shape index (κ1) is 52.8. The summed E-state index contributed by atoms with van der Waals surface area (Å²) >= 11 is 0. The molecule has 55 heavy (non-hydrogen) atoms. The van der Waals surface area contributed by atoms with E-state index in [1.807, 2.05) is 0 Å². The lowest BCUT2D eigenvalue weighted by Crippen LogP contribution is -2.51. The molecule has 0 aromatic rings. The second kappa shape index (κ2) is 32.9. The normalized spacial score (nSPS) is 17.1. The van der Waals surface area contributed by atoms with Crippen molar-refractivity contribution in [3.8, 4) is 0 Å². The van der Waals surface area contributed by atoms with Gasteiger partial charge in [0.05, 0.1) is 88.4 Å². The van der Waals surface area contributed by atoms with E-state index in [9.17, 15) is 30.6 Å². The maximum atomic E-state index is 10.00. The van der Waals surface area contributed by atoms with Gasteiger partial charge in [0.1, 0.15) is 0 Å². The third-order valence-electron chi connectivity index (χ3n) is 8.29. The zero-order valence-electron chi connectivity index (χ0n) is 32.6. The molecule has 21 nitrogen and oxygen atoms in total. The molecule has 0 saturated heterocycles. The summed E-state index contributed by atoms with van der Waals surface area (Å²) < 4.78 is 21.3. The number of aliphatic hydroxyl groups is 8. The average molecular weight is 800 g/mol. The second-order valence-corrected chi connectivity index (χ2v) is 13.6. The van der Waals surface area contributed by atoms with Crippen LogP contribution in [0.1, 0.15) is 52.4 Å². The van der Waals surface area contributed by atoms with E-state index in [-0.39, 0.29) is 65.7 Å². The molecule has 0 aliphatic heterocycles. The van der Waals surface area contributed by atoms with E-state index in [1.165, 1.54) is 5.01 Å². The van der Waals surface area contributed by atoms with Crippen molar-refractivity contribution in [2.45, 2.75) is 101 Å². The van der Waals surface area contributed by atoms with Crippen molar-refractivity contribution in [3.05, 3.63) is 23.8 Å². The van der Waals surface area contributed by atoms with Crippen molar-refractivity contribution < 1.29 is 59.8 Å². The number of nitrogens with two attached hydrogens (primary N) is 4. The molecule has 0 aromatic carbocycles. The Morgan fingerprint density at radius 3 is 1.80 bits per heavy atom. The average Bonchev–Trinajstić information content (AvgIpc) is 3.14. The monoisotopic (exact) mass is 800 g/mol. The van der Waals surface area contributed by atoms with Crippen LogP contribution >= 0.6 is 0 Å². The maximum Gasteiger partial charge on any atom is 0.172 e. The van der Waals surface area contributed by atoms with E-state index in [2.05, 4.69) is 29.2 Å². The molecule has 0 aromatic heterocycles. The molecule has 326 valence electrons. The highest BCUT2D eigenvalue weighted by molar-refractivity contribution is 5.04. The molecular formula is C34H73N9O12. The van der Waals surface area contributed by atoms with Gasteiger partial charge >= 0.3 is 0 Å². The Balaban J connectivity index is 4.79. The van der Waals surface area contributed by atoms with Crippen LogP contribution in [0.25, 0.3) is 0 Å². The van der Waals surface area contributed by atoms with Gasteiger partial charge in [0.15, 0.2) is 12.6 Å². The van der Waals surface area contributed by atoms with Gasteiger partial charge in [-0.25, -0.2) is 11.4 Å². The van der Waals surface area contributed by atoms with Crippen molar-refractivity contribution in [2.75, 3.05) is 85.6 Å². The van der Waals surface area contributed by atoms with Crippen LogP contribution in [0.3, 0.4) is 0 Å². The van der Waals surface area contributed by atoms with Crippen LogP contribution in [0.5, 0.6) is 0 Å². The first-order valence-corrected chi connectivity index (χ1v) is 18.9. The van der Waals surface area contributed by atoms with Crippen molar-refractivity contribution in [2.24, 2.45) is 34.1 Å². The van der Waals surface area contributed by atoms with Crippen LogP contribution in [0.4, 0.5) is 0 Å². The van der Waals surface area contributed by atoms with Crippen LogP contribution in [0.2, 0.25) is 0 Å². The molecule has 0 spiro atoms. The first-order chi connectivity index (χ1) is 26.2. The standard InChI is InChI=1S/C34H73N9O12/c1-24(2)6-4-3-5-10-42(21-25(35)22-43(39)11-15-53-17-19-55-34(51)30(37)32(49)28(47)8-13-45)23-26(41-38)20-40-9-14-52-16-18-54-33(50)29(36)31(48)27(46)7-12-44/h20,22,24,27-34,38,40,44-51H,3-19,21,23,35-37,39H2,1-2H3/b25-22-,26-20-,41-38?. The Labute approximate surface area is 325 Å². The fourth-order valence-electron chi connectivity index (χ4n) is 5.03. The SMILES string of the molecule is CC(C)CCCCCN(C/C(N)=C/N(N)CCOCCOC(O)C(N)C(O)C(O)CCO)C/C(=C/NCCOCCOC(O)C(N)C(O)C(O)CCO)N=N. The fourth-order valence-corrected chi connectivity index (χ4v) is 5.03. The van der Waals surface area contributed by atoms with Crippen molar-refractivity contribution >= 4 is 0 Å². The summed E-state index contributed by atoms with van der Waals surface area (Å²) in [5.41, 5.74) is 26.4. The quantitative estimate of drug-likeness (QED) is 0.00953. The predicted octanol–water partition coefficient (Wildman–Crippen LogP) is -3.49. The molecule has 8 atom stereocenters. The number of nitrogens with one attached hydrogen (secondary N) is 2. The molecular weight excluding hydrogens is 726 g/mol. The molecule has 8 unspecified atom stereocenters. The number of ether oxygens (including phenoxy) is 4. The van der Waals surface area contributed by atoms with Gasteiger partial charge < -0.3 is 87.3 Å². The highest BCUT2D eigenvalue weighted by Gasteiger charge is 2.30. The van der Waals surface area contributed by atoms with Gasteiger partial charge in [0.2, 0.25) is 0 Å². The van der Waals surface area contributed by atoms with Crippen molar-refractivity contribution in [1.29, 1.82) is 5.53 Å². The Morgan fingerprint density at radius 2 is 1.29 bits per heavy atom. The van der Waals surface area contributed by atoms with Crippen molar-refractivity contribution in [1.82, 2.24) is 15.2 Å². The highest BCUT2D eigenvalue weighted by Crippen LogP contribution is 2.11. The molecule has 0 aliphatic rings. The van der Waals surface area contributed by atoms with E-state index in [0.29, 0.717) is 43.5 Å². The number of nitrogens with zero attached hydrogens (tertiary/aromatic N) is 3. The first-order valence-electron chi connectivity index (χ1n) is 18.9. The van der Waals surface area contributed by atoms with E-state index in [4.69, 9.17) is 57.7 Å². The Bertz CT molecular complexity index is 1010. The minimum absolute atomic E-state index is 0.0159. The number of hydrogen-bond donors (Lipinski definition) is 14. The number of aliphatic hydroxyl groups excluding tert-OH is 8. The summed E-state index contributed by atoms with van der Waals surface area (Å²) in [6, 6.07) is -2.54. The van der Waals surface area contributed by atoms with Crippen LogP contribution in [-0.4, -0.2) is 185 Å². The van der Waals surface area contributed by atoms with Gasteiger partial charge in [0.25, 0.3) is 0 Å². The topological polar surface area (TPSA) is 358 Å². The number of rotatable bonds is 37. The molecule has 0 bridgehead atoms. The lowest BCUT2D eigenvalue weighted by Gasteiger charge is -2.27. The third kappa shape index (κ3) is 26.4. The molecule has 21 heteroatoms. The molecule has 0 heterocycles. The van der Waals surface area contributed by atoms with Crippen LogP contribution < -0.4 is 28.4 Å². The smallest absolute Gasteiger partial charge is 0.172 e. The zero-order valence-corrected chi connectivity index (χ0v) is 32.6. The largest absolute Gasteiger partial charge is 0.400 e. The molecule has 18 N–H and O–H groups in total. The van der Waals surface area contributed by atoms with E-state index in [1.54, 1.807) is 12.4 Å². The van der Waals surface area contributed by atoms with Gasteiger partial charge in [-0.15, -0.1) is 0 Å². The van der Waals surface area contributed by atoms with Crippen LogP contribution in [0.15, 0.2) is 28.9 Å². The summed E-state index contributed by atoms with van der Waals surface area (Å²) in [7, 11) is 0. The minimum atomic E-state index is -1.55. The highest BCUT2D eigenvalue weighted by atomic mass is 16.6. The molecule has 0 aliphatic carbocycles. The number of hydrazine groups is 1. The lowest BCUT2D eigenvalue weighted by atomic mass is 10.0. The van der Waals surface area contributed by atoms with Gasteiger partial charge in [-0.2, -0.15) is 5.11 Å². The van der Waals surface area contributed by atoms with Crippen molar-refractivity contribution in [3.63, 3.8) is 0 Å². The Morgan fingerprint density at radius 1 is 0.745 bits per heavy atom. The second-order valence-electron chi connectivity index (χ2n) is 13.6.